The van der Waals surface area contributed by atoms with E-state index in [1.165, 1.54) is 26.7 Å². The zero-order valence-corrected chi connectivity index (χ0v) is 13.0. The summed E-state index contributed by atoms with van der Waals surface area (Å²) in [6.45, 7) is 2.99. The first-order valence-electron chi connectivity index (χ1n) is 6.86. The van der Waals surface area contributed by atoms with Crippen molar-refractivity contribution in [3.05, 3.63) is 0 Å². The predicted molar refractivity (Wildman–Crippen MR) is 74.7 cm³/mol. The zero-order valence-electron chi connectivity index (χ0n) is 12.1. The first kappa shape index (κ1) is 14.8. The number of rotatable bonds is 3. The summed E-state index contributed by atoms with van der Waals surface area (Å²) in [5.41, 5.74) is 0. The van der Waals surface area contributed by atoms with E-state index in [-0.39, 0.29) is 11.9 Å². The Labute approximate surface area is 115 Å². The molecule has 2 fully saturated rings. The van der Waals surface area contributed by atoms with Gasteiger partial charge in [0.15, 0.2) is 9.84 Å². The smallest absolute Gasteiger partial charge is 0.243 e. The van der Waals surface area contributed by atoms with Crippen molar-refractivity contribution in [1.82, 2.24) is 10.2 Å². The third-order valence-corrected chi connectivity index (χ3v) is 6.79. The Morgan fingerprint density at radius 1 is 1.21 bits per heavy atom. The van der Waals surface area contributed by atoms with Crippen LogP contribution >= 0.6 is 0 Å². The molecule has 0 saturated carbocycles. The Balaban J connectivity index is 2.12. The molecule has 0 aromatic heterocycles. The molecule has 2 unspecified atom stereocenters. The fraction of sp³-hybridized carbons (Fsp3) is 0.923. The van der Waals surface area contributed by atoms with E-state index < -0.39 is 14.6 Å². The molecule has 0 aromatic rings. The molecule has 2 aliphatic rings. The second-order valence-corrected chi connectivity index (χ2v) is 9.03. The average molecular weight is 288 g/mol. The summed E-state index contributed by atoms with van der Waals surface area (Å²) in [5.74, 6) is -0.290. The second kappa shape index (κ2) is 4.74. The third-order valence-electron chi connectivity index (χ3n) is 4.76. The van der Waals surface area contributed by atoms with Gasteiger partial charge >= 0.3 is 0 Å². The number of sulfone groups is 1. The summed E-state index contributed by atoms with van der Waals surface area (Å²) in [6, 6.07) is 1.13. The summed E-state index contributed by atoms with van der Waals surface area (Å²) in [7, 11) is -1.66. The summed E-state index contributed by atoms with van der Waals surface area (Å²) >= 11 is 0. The lowest BCUT2D eigenvalue weighted by Gasteiger charge is -2.38. The molecule has 2 heterocycles. The quantitative estimate of drug-likeness (QED) is 0.823. The van der Waals surface area contributed by atoms with Crippen LogP contribution < -0.4 is 5.32 Å². The van der Waals surface area contributed by atoms with Crippen LogP contribution in [-0.4, -0.2) is 55.4 Å². The summed E-state index contributed by atoms with van der Waals surface area (Å²) in [4.78, 5) is 14.1. The monoisotopic (exact) mass is 288 g/mol. The molecule has 19 heavy (non-hydrogen) atoms. The minimum Gasteiger partial charge on any atom is -0.341 e. The molecule has 5 nitrogen and oxygen atoms in total. The summed E-state index contributed by atoms with van der Waals surface area (Å²) in [6.07, 6.45) is 5.32. The standard InChI is InChI=1S/C13H24N2O3S/c1-13(2,19(4,17)18)12(16)15(3)11-7-9-5-6-10(8-11)14-9/h9-11,14H,5-8H2,1-4H3. The maximum Gasteiger partial charge on any atom is 0.243 e. The fourth-order valence-corrected chi connectivity index (χ4v) is 3.55. The van der Waals surface area contributed by atoms with Crippen LogP contribution in [0.15, 0.2) is 0 Å². The van der Waals surface area contributed by atoms with Gasteiger partial charge < -0.3 is 10.2 Å². The Bertz CT molecular complexity index is 460. The number of hydrogen-bond donors (Lipinski definition) is 1. The van der Waals surface area contributed by atoms with Gasteiger partial charge in [-0.05, 0) is 39.5 Å². The van der Waals surface area contributed by atoms with Gasteiger partial charge in [-0.1, -0.05) is 0 Å². The van der Waals surface area contributed by atoms with Crippen molar-refractivity contribution in [2.45, 2.75) is 62.4 Å². The van der Waals surface area contributed by atoms with Crippen molar-refractivity contribution in [2.24, 2.45) is 0 Å². The maximum absolute atomic E-state index is 12.5. The normalized spacial score (nSPS) is 31.3. The molecule has 2 rings (SSSR count). The minimum atomic E-state index is -3.40. The molecule has 2 saturated heterocycles. The number of hydrogen-bond acceptors (Lipinski definition) is 4. The number of carbonyl (C=O) groups is 1. The van der Waals surface area contributed by atoms with E-state index in [9.17, 15) is 13.2 Å². The van der Waals surface area contributed by atoms with Crippen LogP contribution in [0.5, 0.6) is 0 Å². The van der Waals surface area contributed by atoms with E-state index in [4.69, 9.17) is 0 Å². The van der Waals surface area contributed by atoms with Crippen LogP contribution in [0.25, 0.3) is 0 Å². The molecule has 0 spiro atoms. The van der Waals surface area contributed by atoms with Crippen LogP contribution in [0.4, 0.5) is 0 Å². The van der Waals surface area contributed by atoms with Gasteiger partial charge in [0.2, 0.25) is 5.91 Å². The molecule has 0 radical (unpaired) electrons. The number of carbonyl (C=O) groups excluding carboxylic acids is 1. The van der Waals surface area contributed by atoms with Gasteiger partial charge in [-0.3, -0.25) is 4.79 Å². The first-order valence-corrected chi connectivity index (χ1v) is 8.75. The molecule has 6 heteroatoms. The van der Waals surface area contributed by atoms with Crippen molar-refractivity contribution in [2.75, 3.05) is 13.3 Å². The van der Waals surface area contributed by atoms with Crippen molar-refractivity contribution in [3.63, 3.8) is 0 Å². The molecule has 0 aromatic carbocycles. The van der Waals surface area contributed by atoms with E-state index >= 15 is 0 Å². The molecule has 2 bridgehead atoms. The number of fused-ring (bicyclic) bond motifs is 2. The van der Waals surface area contributed by atoms with E-state index in [1.54, 1.807) is 11.9 Å². The lowest BCUT2D eigenvalue weighted by atomic mass is 9.97. The maximum atomic E-state index is 12.5. The largest absolute Gasteiger partial charge is 0.341 e. The number of nitrogens with zero attached hydrogens (tertiary/aromatic N) is 1. The Morgan fingerprint density at radius 2 is 1.68 bits per heavy atom. The molecule has 2 aliphatic heterocycles. The van der Waals surface area contributed by atoms with Crippen molar-refractivity contribution in [1.29, 1.82) is 0 Å². The molecular weight excluding hydrogens is 264 g/mol. The van der Waals surface area contributed by atoms with Gasteiger partial charge in [0.25, 0.3) is 0 Å². The van der Waals surface area contributed by atoms with Gasteiger partial charge in [0.1, 0.15) is 4.75 Å². The third kappa shape index (κ3) is 2.65. The zero-order chi connectivity index (χ0) is 14.4. The van der Waals surface area contributed by atoms with Gasteiger partial charge in [-0.2, -0.15) is 0 Å². The molecule has 110 valence electrons. The van der Waals surface area contributed by atoms with E-state index in [0.29, 0.717) is 12.1 Å². The highest BCUT2D eigenvalue weighted by atomic mass is 32.2. The molecule has 1 N–H and O–H groups in total. The highest BCUT2D eigenvalue weighted by molar-refractivity contribution is 7.92. The first-order chi connectivity index (χ1) is 8.63. The van der Waals surface area contributed by atoms with E-state index in [0.717, 1.165) is 19.1 Å². The van der Waals surface area contributed by atoms with Crippen molar-refractivity contribution in [3.8, 4) is 0 Å². The van der Waals surface area contributed by atoms with Gasteiger partial charge in [-0.25, -0.2) is 8.42 Å². The van der Waals surface area contributed by atoms with Gasteiger partial charge in [0.05, 0.1) is 0 Å². The topological polar surface area (TPSA) is 66.5 Å². The van der Waals surface area contributed by atoms with Gasteiger partial charge in [-0.15, -0.1) is 0 Å². The lowest BCUT2D eigenvalue weighted by molar-refractivity contribution is -0.134. The Hall–Kier alpha value is -0.620. The SMILES string of the molecule is CN(C(=O)C(C)(C)S(C)(=O)=O)C1CC2CCC(C1)N2. The van der Waals surface area contributed by atoms with Gasteiger partial charge in [0, 0.05) is 31.4 Å². The second-order valence-electron chi connectivity index (χ2n) is 6.46. The molecular formula is C13H24N2O3S. The Morgan fingerprint density at radius 3 is 2.11 bits per heavy atom. The van der Waals surface area contributed by atoms with Crippen molar-refractivity contribution < 1.29 is 13.2 Å². The van der Waals surface area contributed by atoms with Crippen LogP contribution in [0.2, 0.25) is 0 Å². The van der Waals surface area contributed by atoms with Crippen LogP contribution in [0.3, 0.4) is 0 Å². The molecule has 0 aliphatic carbocycles. The predicted octanol–water partition coefficient (Wildman–Crippen LogP) is 0.551. The minimum absolute atomic E-state index is 0.160. The number of piperidine rings is 1. The van der Waals surface area contributed by atoms with E-state index in [1.807, 2.05) is 0 Å². The number of nitrogens with one attached hydrogen (secondary N) is 1. The highest BCUT2D eigenvalue weighted by Gasteiger charge is 2.44. The van der Waals surface area contributed by atoms with Crippen LogP contribution in [0, 0.1) is 0 Å². The van der Waals surface area contributed by atoms with E-state index in [2.05, 4.69) is 5.32 Å². The summed E-state index contributed by atoms with van der Waals surface area (Å²) in [5, 5.41) is 3.53. The van der Waals surface area contributed by atoms with Crippen LogP contribution in [0.1, 0.15) is 39.5 Å². The highest BCUT2D eigenvalue weighted by Crippen LogP contribution is 2.31. The molecule has 1 amide bonds. The lowest BCUT2D eigenvalue weighted by Crippen LogP contribution is -2.55. The van der Waals surface area contributed by atoms with Crippen LogP contribution in [-0.2, 0) is 14.6 Å². The van der Waals surface area contributed by atoms with Crippen molar-refractivity contribution >= 4 is 15.7 Å². The average Bonchev–Trinajstić information content (AvgIpc) is 2.64. The number of amides is 1. The fourth-order valence-electron chi connectivity index (χ4n) is 3.09. The summed E-state index contributed by atoms with van der Waals surface area (Å²) < 4.78 is 22.2. The molecule has 2 atom stereocenters. The Kier molecular flexibility index (Phi) is 3.68.